The van der Waals surface area contributed by atoms with E-state index in [-0.39, 0.29) is 36.3 Å². The average Bonchev–Trinajstić information content (AvgIpc) is 3.68. The summed E-state index contributed by atoms with van der Waals surface area (Å²) in [6.45, 7) is 1.22. The maximum Gasteiger partial charge on any atom is 0.137 e. The van der Waals surface area contributed by atoms with Crippen molar-refractivity contribution in [2.24, 2.45) is 0 Å². The Labute approximate surface area is 259 Å². The van der Waals surface area contributed by atoms with Crippen LogP contribution in [0.1, 0.15) is 29.7 Å². The first-order valence-corrected chi connectivity index (χ1v) is 14.1. The van der Waals surface area contributed by atoms with E-state index in [1.165, 1.54) is 40.2 Å². The second kappa shape index (κ2) is 12.3. The Balaban J connectivity index is 1.38. The molecule has 236 valence electrons. The molecular formula is C33H26F6N6O. The van der Waals surface area contributed by atoms with E-state index in [2.05, 4.69) is 15.2 Å². The van der Waals surface area contributed by atoms with Gasteiger partial charge in [0, 0.05) is 65.2 Å². The van der Waals surface area contributed by atoms with Crippen molar-refractivity contribution < 1.29 is 31.4 Å². The Bertz CT molecular complexity index is 1960. The van der Waals surface area contributed by atoms with Crippen LogP contribution in [0.5, 0.6) is 0 Å². The molecule has 0 fully saturated rings. The fourth-order valence-corrected chi connectivity index (χ4v) is 5.44. The minimum atomic E-state index is -1.97. The van der Waals surface area contributed by atoms with E-state index in [0.29, 0.717) is 22.7 Å². The lowest BCUT2D eigenvalue weighted by Gasteiger charge is -2.34. The van der Waals surface area contributed by atoms with Gasteiger partial charge in [-0.25, -0.2) is 36.0 Å². The predicted octanol–water partition coefficient (Wildman–Crippen LogP) is 6.82. The zero-order valence-electron chi connectivity index (χ0n) is 24.3. The average molecular weight is 637 g/mol. The van der Waals surface area contributed by atoms with Crippen molar-refractivity contribution in [1.29, 1.82) is 0 Å². The van der Waals surface area contributed by atoms with E-state index in [1.807, 2.05) is 0 Å². The lowest BCUT2D eigenvalue weighted by Crippen LogP contribution is -2.40. The van der Waals surface area contributed by atoms with Crippen LogP contribution in [0.25, 0.3) is 10.9 Å². The standard InChI is InChI=1S/C33H26F6N6O/c1-20(33(46,17-44-19-40-18-41-44)28-8-6-26(36)13-31(28)39)45-16-23-10-27(7-9-32(23)42-45)43(14-21-2-4-24(34)11-29(21)37)15-22-3-5-25(35)12-30(22)38/h2-13,16,18-20,46H,14-15,17H2,1H3/t20-,33-/m1/s1. The molecule has 6 aromatic rings. The fraction of sp³-hybridized carbons (Fsp3) is 0.182. The van der Waals surface area contributed by atoms with Crippen molar-refractivity contribution in [3.8, 4) is 0 Å². The number of halogens is 6. The number of benzene rings is 4. The molecular weight excluding hydrogens is 610 g/mol. The molecule has 0 aliphatic heterocycles. The quantitative estimate of drug-likeness (QED) is 0.167. The topological polar surface area (TPSA) is 72.0 Å². The van der Waals surface area contributed by atoms with Crippen molar-refractivity contribution >= 4 is 16.6 Å². The number of aliphatic hydroxyl groups is 1. The maximum atomic E-state index is 15.1. The number of hydrogen-bond acceptors (Lipinski definition) is 5. The molecule has 7 nitrogen and oxygen atoms in total. The molecule has 0 unspecified atom stereocenters. The smallest absolute Gasteiger partial charge is 0.137 e. The highest BCUT2D eigenvalue weighted by Gasteiger charge is 2.41. The second-order valence-electron chi connectivity index (χ2n) is 11.0. The number of nitrogens with zero attached hydrogens (tertiary/aromatic N) is 6. The first-order valence-electron chi connectivity index (χ1n) is 14.1. The Morgan fingerprint density at radius 2 is 1.39 bits per heavy atom. The van der Waals surface area contributed by atoms with Crippen LogP contribution in [0.2, 0.25) is 0 Å². The van der Waals surface area contributed by atoms with Crippen molar-refractivity contribution in [3.05, 3.63) is 143 Å². The Morgan fingerprint density at radius 3 is 1.96 bits per heavy atom. The number of hydrogen-bond donors (Lipinski definition) is 1. The Kier molecular flexibility index (Phi) is 8.26. The molecule has 0 bridgehead atoms. The van der Waals surface area contributed by atoms with Gasteiger partial charge in [0.15, 0.2) is 0 Å². The molecule has 1 N–H and O–H groups in total. The molecule has 0 radical (unpaired) electrons. The number of fused-ring (bicyclic) bond motifs is 1. The Morgan fingerprint density at radius 1 is 0.783 bits per heavy atom. The summed E-state index contributed by atoms with van der Waals surface area (Å²) in [5, 5.41) is 21.2. The van der Waals surface area contributed by atoms with Gasteiger partial charge < -0.3 is 10.0 Å². The third-order valence-corrected chi connectivity index (χ3v) is 7.98. The molecule has 46 heavy (non-hydrogen) atoms. The first kappa shape index (κ1) is 30.8. The van der Waals surface area contributed by atoms with Crippen LogP contribution in [0.3, 0.4) is 0 Å². The molecule has 2 atom stereocenters. The molecule has 0 saturated heterocycles. The van der Waals surface area contributed by atoms with Gasteiger partial charge in [-0.2, -0.15) is 10.2 Å². The molecule has 0 spiro atoms. The summed E-state index contributed by atoms with van der Waals surface area (Å²) in [5.41, 5.74) is -0.858. The Hall–Kier alpha value is -5.17. The maximum absolute atomic E-state index is 15.1. The van der Waals surface area contributed by atoms with Crippen LogP contribution in [0.4, 0.5) is 32.0 Å². The van der Waals surface area contributed by atoms with E-state index in [1.54, 1.807) is 36.2 Å². The summed E-state index contributed by atoms with van der Waals surface area (Å²) in [6, 6.07) is 13.4. The van der Waals surface area contributed by atoms with E-state index >= 15 is 4.39 Å². The summed E-state index contributed by atoms with van der Waals surface area (Å²) < 4.78 is 88.3. The van der Waals surface area contributed by atoms with E-state index < -0.39 is 46.5 Å². The zero-order chi connectivity index (χ0) is 32.6. The van der Waals surface area contributed by atoms with Gasteiger partial charge in [-0.15, -0.1) is 0 Å². The second-order valence-corrected chi connectivity index (χ2v) is 11.0. The van der Waals surface area contributed by atoms with Crippen LogP contribution in [0.15, 0.2) is 91.6 Å². The normalized spacial score (nSPS) is 13.6. The molecule has 0 amide bonds. The number of rotatable bonds is 10. The van der Waals surface area contributed by atoms with Crippen LogP contribution >= 0.6 is 0 Å². The largest absolute Gasteiger partial charge is 0.381 e. The molecule has 13 heteroatoms. The number of anilines is 1. The third kappa shape index (κ3) is 6.18. The first-order chi connectivity index (χ1) is 22.0. The highest BCUT2D eigenvalue weighted by molar-refractivity contribution is 5.82. The molecule has 2 heterocycles. The van der Waals surface area contributed by atoms with Crippen molar-refractivity contribution in [2.45, 2.75) is 38.2 Å². The number of aromatic nitrogens is 5. The van der Waals surface area contributed by atoms with Crippen LogP contribution in [0, 0.1) is 34.9 Å². The molecule has 0 aliphatic rings. The SMILES string of the molecule is C[C@@H](n1cc2cc(N(Cc3ccc(F)cc3F)Cc3ccc(F)cc3F)ccc2n1)[C@](O)(Cn1cncn1)c1ccc(F)cc1F. The minimum absolute atomic E-state index is 0.0829. The van der Waals surface area contributed by atoms with Gasteiger partial charge in [0.05, 0.1) is 18.1 Å². The third-order valence-electron chi connectivity index (χ3n) is 7.98. The summed E-state index contributed by atoms with van der Waals surface area (Å²) >= 11 is 0. The van der Waals surface area contributed by atoms with Crippen LogP contribution in [-0.4, -0.2) is 29.7 Å². The van der Waals surface area contributed by atoms with Gasteiger partial charge in [-0.3, -0.25) is 4.68 Å². The van der Waals surface area contributed by atoms with Crippen LogP contribution < -0.4 is 4.90 Å². The molecule has 0 saturated carbocycles. The highest BCUT2D eigenvalue weighted by Crippen LogP contribution is 2.37. The van der Waals surface area contributed by atoms with Gasteiger partial charge in [0.25, 0.3) is 0 Å². The van der Waals surface area contributed by atoms with Crippen molar-refractivity contribution in [1.82, 2.24) is 24.5 Å². The monoisotopic (exact) mass is 636 g/mol. The molecule has 0 aliphatic carbocycles. The summed E-state index contributed by atoms with van der Waals surface area (Å²) in [7, 11) is 0. The fourth-order valence-electron chi connectivity index (χ4n) is 5.44. The van der Waals surface area contributed by atoms with Gasteiger partial charge >= 0.3 is 0 Å². The van der Waals surface area contributed by atoms with Gasteiger partial charge in [0.2, 0.25) is 0 Å². The van der Waals surface area contributed by atoms with E-state index in [4.69, 9.17) is 0 Å². The minimum Gasteiger partial charge on any atom is -0.381 e. The zero-order valence-corrected chi connectivity index (χ0v) is 24.3. The van der Waals surface area contributed by atoms with Gasteiger partial charge in [-0.1, -0.05) is 18.2 Å². The summed E-state index contributed by atoms with van der Waals surface area (Å²) in [4.78, 5) is 5.53. The lowest BCUT2D eigenvalue weighted by atomic mass is 9.86. The molecule has 4 aromatic carbocycles. The summed E-state index contributed by atoms with van der Waals surface area (Å²) in [6.07, 6.45) is 4.23. The van der Waals surface area contributed by atoms with Crippen molar-refractivity contribution in [2.75, 3.05) is 4.90 Å². The lowest BCUT2D eigenvalue weighted by molar-refractivity contribution is -0.0366. The molecule has 6 rings (SSSR count). The predicted molar refractivity (Wildman–Crippen MR) is 157 cm³/mol. The highest BCUT2D eigenvalue weighted by atomic mass is 19.2. The van der Waals surface area contributed by atoms with E-state index in [9.17, 15) is 27.1 Å². The molecule has 2 aromatic heterocycles. The summed E-state index contributed by atoms with van der Waals surface area (Å²) in [5.74, 6) is -4.82. The van der Waals surface area contributed by atoms with Crippen LogP contribution in [-0.2, 0) is 25.2 Å². The van der Waals surface area contributed by atoms with Gasteiger partial charge in [-0.05, 0) is 43.3 Å². The van der Waals surface area contributed by atoms with Crippen molar-refractivity contribution in [3.63, 3.8) is 0 Å². The van der Waals surface area contributed by atoms with E-state index in [0.717, 1.165) is 30.3 Å². The van der Waals surface area contributed by atoms with Gasteiger partial charge in [0.1, 0.15) is 53.2 Å².